The molecule has 0 aromatic rings. The molecule has 0 aromatic heterocycles. The van der Waals surface area contributed by atoms with E-state index in [4.69, 9.17) is 0 Å². The summed E-state index contributed by atoms with van der Waals surface area (Å²) >= 11 is 0. The minimum atomic E-state index is -2.62. The molecular formula is C27H52N6O2P2. The fourth-order valence-electron chi connectivity index (χ4n) is 8.82. The van der Waals surface area contributed by atoms with Gasteiger partial charge >= 0.3 is 0 Å². The Balaban J connectivity index is 1.03. The molecule has 0 radical (unpaired) electrons. The largest absolute Gasteiger partial charge is 0.287 e. The first-order valence-corrected chi connectivity index (χ1v) is 18.8. The third kappa shape index (κ3) is 4.58. The molecule has 0 aromatic carbocycles. The van der Waals surface area contributed by atoms with Gasteiger partial charge in [0.1, 0.15) is 0 Å². The number of hydrogen-bond acceptors (Lipinski definition) is 2. The summed E-state index contributed by atoms with van der Waals surface area (Å²) in [6.45, 7) is 5.83. The van der Waals surface area contributed by atoms with E-state index in [1.54, 1.807) is 0 Å². The topological polar surface area (TPSA) is 53.6 Å². The molecule has 8 nitrogen and oxygen atoms in total. The van der Waals surface area contributed by atoms with Crippen molar-refractivity contribution in [1.29, 1.82) is 0 Å². The van der Waals surface area contributed by atoms with Crippen LogP contribution in [0.25, 0.3) is 0 Å². The molecule has 6 heterocycles. The first-order valence-electron chi connectivity index (χ1n) is 15.7. The number of fused-ring (bicyclic) bond motifs is 6. The first kappa shape index (κ1) is 27.4. The van der Waals surface area contributed by atoms with Gasteiger partial charge in [0.15, 0.2) is 0 Å². The van der Waals surface area contributed by atoms with E-state index in [-0.39, 0.29) is 0 Å². The Morgan fingerprint density at radius 3 is 1.11 bits per heavy atom. The molecule has 37 heavy (non-hydrogen) atoms. The zero-order valence-electron chi connectivity index (χ0n) is 23.6. The maximum Gasteiger partial charge on any atom is 0.287 e. The van der Waals surface area contributed by atoms with Crippen molar-refractivity contribution in [2.24, 2.45) is 0 Å². The second kappa shape index (κ2) is 11.2. The van der Waals surface area contributed by atoms with Crippen molar-refractivity contribution in [3.05, 3.63) is 0 Å². The standard InChI is InChI=1S/C27H52N6O2P2/c1-28(36(34)30-20-10-4-14-24(30)25-15-5-11-21-31(25)36)18-8-3-9-19-29(2)37(35)32-22-12-6-16-26(32)27-17-7-13-23-33(27)37/h24-27H,3-23H2,1-2H3/t24-,25-,26-,27-/m1/s1. The van der Waals surface area contributed by atoms with Crippen LogP contribution in [0.1, 0.15) is 96.3 Å². The van der Waals surface area contributed by atoms with Crippen LogP contribution in [0.2, 0.25) is 0 Å². The lowest BCUT2D eigenvalue weighted by atomic mass is 9.92. The normalized spacial score (nSPS) is 36.4. The van der Waals surface area contributed by atoms with Gasteiger partial charge in [-0.2, -0.15) is 0 Å². The number of nitrogens with zero attached hydrogens (tertiary/aromatic N) is 6. The van der Waals surface area contributed by atoms with E-state index in [1.807, 2.05) is 0 Å². The van der Waals surface area contributed by atoms with Crippen LogP contribution in [0.3, 0.4) is 0 Å². The van der Waals surface area contributed by atoms with Crippen LogP contribution < -0.4 is 0 Å². The van der Waals surface area contributed by atoms with Gasteiger partial charge in [0, 0.05) is 63.4 Å². The van der Waals surface area contributed by atoms with Crippen molar-refractivity contribution >= 4 is 15.2 Å². The zero-order chi connectivity index (χ0) is 25.6. The maximum atomic E-state index is 14.6. The minimum Gasteiger partial charge on any atom is -0.270 e. The van der Waals surface area contributed by atoms with Crippen molar-refractivity contribution < 1.29 is 9.13 Å². The maximum absolute atomic E-state index is 14.6. The van der Waals surface area contributed by atoms with E-state index in [2.05, 4.69) is 42.1 Å². The zero-order valence-corrected chi connectivity index (χ0v) is 25.3. The van der Waals surface area contributed by atoms with Gasteiger partial charge in [-0.25, -0.2) is 28.0 Å². The summed E-state index contributed by atoms with van der Waals surface area (Å²) in [5, 5.41) is 0. The second-order valence-corrected chi connectivity index (χ2v) is 18.2. The van der Waals surface area contributed by atoms with Gasteiger partial charge in [-0.05, 0) is 78.3 Å². The molecule has 6 aliphatic heterocycles. The molecule has 0 N–H and O–H groups in total. The average molecular weight is 555 g/mol. The first-order chi connectivity index (χ1) is 18.0. The van der Waals surface area contributed by atoms with E-state index in [9.17, 15) is 9.13 Å². The van der Waals surface area contributed by atoms with E-state index in [1.165, 1.54) is 77.0 Å². The van der Waals surface area contributed by atoms with Crippen LogP contribution in [-0.2, 0) is 9.13 Å². The summed E-state index contributed by atoms with van der Waals surface area (Å²) in [6, 6.07) is 2.04. The highest BCUT2D eigenvalue weighted by Crippen LogP contribution is 2.67. The SMILES string of the molecule is CN(CCCCCN(C)P1(=O)N2CCCC[C@@H]2[C@H]2CCCCN21)P1(=O)N2CCCC[C@@H]2[C@H]2CCCCN21. The van der Waals surface area contributed by atoms with E-state index >= 15 is 0 Å². The van der Waals surface area contributed by atoms with E-state index in [0.29, 0.717) is 24.2 Å². The highest BCUT2D eigenvalue weighted by Gasteiger charge is 2.58. The number of piperidine rings is 4. The van der Waals surface area contributed by atoms with Gasteiger partial charge < -0.3 is 0 Å². The highest BCUT2D eigenvalue weighted by atomic mass is 31.2. The van der Waals surface area contributed by atoms with Crippen LogP contribution in [0, 0.1) is 0 Å². The lowest BCUT2D eigenvalue weighted by Gasteiger charge is -2.40. The summed E-state index contributed by atoms with van der Waals surface area (Å²) in [5.41, 5.74) is 0. The molecule has 0 aliphatic carbocycles. The molecule has 0 saturated carbocycles. The predicted octanol–water partition coefficient (Wildman–Crippen LogP) is 5.68. The quantitative estimate of drug-likeness (QED) is 0.281. The molecule has 10 heteroatoms. The molecular weight excluding hydrogens is 502 g/mol. The van der Waals surface area contributed by atoms with Crippen LogP contribution in [-0.4, -0.2) is 106 Å². The van der Waals surface area contributed by atoms with Gasteiger partial charge in [0.05, 0.1) is 0 Å². The Hall–Kier alpha value is 0.220. The molecule has 0 unspecified atom stereocenters. The fourth-order valence-corrected chi connectivity index (χ4v) is 16.0. The third-order valence-electron chi connectivity index (χ3n) is 10.7. The van der Waals surface area contributed by atoms with Crippen LogP contribution in [0.5, 0.6) is 0 Å². The molecule has 6 fully saturated rings. The molecule has 212 valence electrons. The van der Waals surface area contributed by atoms with E-state index < -0.39 is 15.2 Å². The van der Waals surface area contributed by atoms with Crippen molar-refractivity contribution in [1.82, 2.24) is 28.0 Å². The minimum absolute atomic E-state index is 0.511. The summed E-state index contributed by atoms with van der Waals surface area (Å²) in [5.74, 6) is 0. The monoisotopic (exact) mass is 554 g/mol. The number of hydrogen-bond donors (Lipinski definition) is 0. The van der Waals surface area contributed by atoms with Crippen LogP contribution >= 0.6 is 15.2 Å². The molecule has 4 atom stereocenters. The van der Waals surface area contributed by atoms with Gasteiger partial charge in [-0.1, -0.05) is 32.1 Å². The van der Waals surface area contributed by atoms with Gasteiger partial charge in [0.2, 0.25) is 0 Å². The third-order valence-corrected chi connectivity index (χ3v) is 17.5. The Morgan fingerprint density at radius 1 is 0.514 bits per heavy atom. The molecule has 0 spiro atoms. The molecule has 0 amide bonds. The number of unbranched alkanes of at least 4 members (excludes halogenated alkanes) is 2. The highest BCUT2D eigenvalue weighted by molar-refractivity contribution is 7.57. The van der Waals surface area contributed by atoms with Crippen molar-refractivity contribution in [3.63, 3.8) is 0 Å². The lowest BCUT2D eigenvalue weighted by molar-refractivity contribution is 0.186. The lowest BCUT2D eigenvalue weighted by Crippen LogP contribution is -2.41. The summed E-state index contributed by atoms with van der Waals surface area (Å²) < 4.78 is 43.5. The smallest absolute Gasteiger partial charge is 0.270 e. The molecule has 0 bridgehead atoms. The van der Waals surface area contributed by atoms with E-state index in [0.717, 1.165) is 58.5 Å². The van der Waals surface area contributed by atoms with Gasteiger partial charge in [0.25, 0.3) is 15.2 Å². The molecule has 6 aliphatic rings. The van der Waals surface area contributed by atoms with Crippen molar-refractivity contribution in [2.45, 2.75) is 120 Å². The van der Waals surface area contributed by atoms with Gasteiger partial charge in [-0.3, -0.25) is 9.13 Å². The summed E-state index contributed by atoms with van der Waals surface area (Å²) in [7, 11) is -0.994. The predicted molar refractivity (Wildman–Crippen MR) is 152 cm³/mol. The summed E-state index contributed by atoms with van der Waals surface area (Å²) in [4.78, 5) is 0. The van der Waals surface area contributed by atoms with Gasteiger partial charge in [-0.15, -0.1) is 0 Å². The average Bonchev–Trinajstić information content (AvgIpc) is 3.37. The van der Waals surface area contributed by atoms with Crippen molar-refractivity contribution in [2.75, 3.05) is 53.4 Å². The Morgan fingerprint density at radius 2 is 0.811 bits per heavy atom. The Bertz CT molecular complexity index is 784. The Labute approximate surface area is 226 Å². The van der Waals surface area contributed by atoms with Crippen molar-refractivity contribution in [3.8, 4) is 0 Å². The van der Waals surface area contributed by atoms with Crippen LogP contribution in [0.15, 0.2) is 0 Å². The fraction of sp³-hybridized carbons (Fsp3) is 1.00. The number of rotatable bonds is 8. The second-order valence-electron chi connectivity index (χ2n) is 12.8. The van der Waals surface area contributed by atoms with Crippen LogP contribution in [0.4, 0.5) is 0 Å². The summed E-state index contributed by atoms with van der Waals surface area (Å²) in [6.07, 6.45) is 18.1. The molecule has 6 saturated heterocycles. The molecule has 6 rings (SSSR count). The Kier molecular flexibility index (Phi) is 8.32.